The molecule has 3 aliphatic rings. The zero-order chi connectivity index (χ0) is 19.8. The van der Waals surface area contributed by atoms with Gasteiger partial charge < -0.3 is 4.90 Å². The first-order chi connectivity index (χ1) is 12.7. The van der Waals surface area contributed by atoms with Crippen molar-refractivity contribution in [1.29, 1.82) is 0 Å². The highest BCUT2D eigenvalue weighted by Gasteiger charge is 2.58. The fraction of sp³-hybridized carbons (Fsp3) is 0.789. The molecule has 0 N–H and O–H groups in total. The molecule has 0 bridgehead atoms. The van der Waals surface area contributed by atoms with E-state index in [4.69, 9.17) is 0 Å². The van der Waals surface area contributed by atoms with Crippen LogP contribution in [0.3, 0.4) is 0 Å². The molecule has 0 aromatic carbocycles. The number of piperidine rings is 1. The number of nitrogens with zero attached hydrogens (tertiary/aromatic N) is 3. The molecule has 0 spiro atoms. The third kappa shape index (κ3) is 4.06. The van der Waals surface area contributed by atoms with Gasteiger partial charge in [0.25, 0.3) is 0 Å². The second-order valence-electron chi connectivity index (χ2n) is 8.31. The van der Waals surface area contributed by atoms with Crippen molar-refractivity contribution >= 4 is 21.8 Å². The Morgan fingerprint density at radius 3 is 2.44 bits per heavy atom. The summed E-state index contributed by atoms with van der Waals surface area (Å²) in [6, 6.07) is -0.793. The number of carbonyl (C=O) groups excluding carboxylic acids is 2. The lowest BCUT2D eigenvalue weighted by atomic mass is 9.88. The molecule has 3 fully saturated rings. The van der Waals surface area contributed by atoms with Gasteiger partial charge in [-0.2, -0.15) is 0 Å². The fourth-order valence-electron chi connectivity index (χ4n) is 4.83. The lowest BCUT2D eigenvalue weighted by Crippen LogP contribution is -2.43. The lowest BCUT2D eigenvalue weighted by Gasteiger charge is -2.28. The highest BCUT2D eigenvalue weighted by molar-refractivity contribution is 7.88. The summed E-state index contributed by atoms with van der Waals surface area (Å²) in [4.78, 5) is 29.6. The van der Waals surface area contributed by atoms with Crippen LogP contribution >= 0.6 is 0 Å². The Kier molecular flexibility index (Phi) is 5.96. The first-order valence-corrected chi connectivity index (χ1v) is 11.8. The lowest BCUT2D eigenvalue weighted by molar-refractivity contribution is -0.131. The molecule has 3 heterocycles. The van der Waals surface area contributed by atoms with E-state index in [-0.39, 0.29) is 23.8 Å². The van der Waals surface area contributed by atoms with Crippen molar-refractivity contribution < 1.29 is 18.0 Å². The molecular weight excluding hydrogens is 366 g/mol. The van der Waals surface area contributed by atoms with Crippen LogP contribution in [0.1, 0.15) is 39.5 Å². The van der Waals surface area contributed by atoms with E-state index < -0.39 is 22.0 Å². The molecule has 0 aliphatic carbocycles. The maximum atomic E-state index is 12.8. The van der Waals surface area contributed by atoms with Crippen LogP contribution in [0.4, 0.5) is 0 Å². The van der Waals surface area contributed by atoms with E-state index in [2.05, 4.69) is 4.90 Å². The summed E-state index contributed by atoms with van der Waals surface area (Å²) in [6.45, 7) is 7.22. The Labute approximate surface area is 162 Å². The van der Waals surface area contributed by atoms with E-state index in [9.17, 15) is 18.0 Å². The van der Waals surface area contributed by atoms with Crippen LogP contribution in [0.15, 0.2) is 12.2 Å². The van der Waals surface area contributed by atoms with Gasteiger partial charge in [0.05, 0.1) is 24.3 Å². The molecule has 0 radical (unpaired) electrons. The van der Waals surface area contributed by atoms with Gasteiger partial charge in [0.15, 0.2) is 0 Å². The molecular formula is C19H31N3O4S. The maximum absolute atomic E-state index is 12.8. The number of rotatable bonds is 5. The molecule has 7 nitrogen and oxygen atoms in total. The molecule has 8 heteroatoms. The molecule has 3 aliphatic heterocycles. The molecule has 0 aromatic heterocycles. The highest BCUT2D eigenvalue weighted by Crippen LogP contribution is 2.41. The monoisotopic (exact) mass is 397 g/mol. The van der Waals surface area contributed by atoms with Crippen LogP contribution in [0.2, 0.25) is 0 Å². The summed E-state index contributed by atoms with van der Waals surface area (Å²) in [6.07, 6.45) is 8.77. The molecule has 1 unspecified atom stereocenters. The Hall–Kier alpha value is -1.41. The zero-order valence-corrected chi connectivity index (χ0v) is 17.3. The molecule has 0 saturated carbocycles. The Balaban J connectivity index is 1.73. The third-order valence-corrected chi connectivity index (χ3v) is 7.19. The average Bonchev–Trinajstić information content (AvgIpc) is 3.11. The van der Waals surface area contributed by atoms with Gasteiger partial charge in [-0.1, -0.05) is 26.3 Å². The minimum absolute atomic E-state index is 0.0255. The molecule has 2 amide bonds. The topological polar surface area (TPSA) is 78.0 Å². The average molecular weight is 398 g/mol. The van der Waals surface area contributed by atoms with Gasteiger partial charge in [-0.05, 0) is 38.3 Å². The van der Waals surface area contributed by atoms with Crippen molar-refractivity contribution in [3.8, 4) is 0 Å². The minimum Gasteiger partial charge on any atom is -0.333 e. The van der Waals surface area contributed by atoms with Gasteiger partial charge in [-0.25, -0.2) is 12.7 Å². The number of likely N-dealkylation sites (tertiary alicyclic amines) is 2. The number of hydrogen-bond donors (Lipinski definition) is 0. The van der Waals surface area contributed by atoms with Crippen LogP contribution < -0.4 is 0 Å². The van der Waals surface area contributed by atoms with Crippen LogP contribution in [0.5, 0.6) is 0 Å². The van der Waals surface area contributed by atoms with E-state index >= 15 is 0 Å². The molecule has 3 saturated heterocycles. The molecule has 152 valence electrons. The van der Waals surface area contributed by atoms with E-state index in [1.807, 2.05) is 19.9 Å². The minimum atomic E-state index is -3.63. The van der Waals surface area contributed by atoms with Gasteiger partial charge in [0.1, 0.15) is 0 Å². The summed E-state index contributed by atoms with van der Waals surface area (Å²) < 4.78 is 25.4. The number of fused-ring (bicyclic) bond motifs is 1. The summed E-state index contributed by atoms with van der Waals surface area (Å²) in [5.74, 6) is -0.972. The van der Waals surface area contributed by atoms with Crippen molar-refractivity contribution in [3.63, 3.8) is 0 Å². The normalized spacial score (nSPS) is 29.9. The van der Waals surface area contributed by atoms with E-state index in [0.717, 1.165) is 30.2 Å². The van der Waals surface area contributed by atoms with Crippen LogP contribution in [-0.2, 0) is 19.6 Å². The predicted molar refractivity (Wildman–Crippen MR) is 103 cm³/mol. The predicted octanol–water partition coefficient (Wildman–Crippen LogP) is 1.07. The first-order valence-electron chi connectivity index (χ1n) is 9.94. The fourth-order valence-corrected chi connectivity index (χ4v) is 6.00. The van der Waals surface area contributed by atoms with Crippen molar-refractivity contribution in [2.75, 3.05) is 32.4 Å². The smallest absolute Gasteiger partial charge is 0.246 e. The number of sulfonamides is 1. The summed E-state index contributed by atoms with van der Waals surface area (Å²) >= 11 is 0. The second kappa shape index (κ2) is 7.91. The van der Waals surface area contributed by atoms with Crippen molar-refractivity contribution in [2.45, 2.75) is 51.6 Å². The summed E-state index contributed by atoms with van der Waals surface area (Å²) in [5.41, 5.74) is 0. The molecule has 0 aromatic rings. The largest absolute Gasteiger partial charge is 0.333 e. The van der Waals surface area contributed by atoms with Gasteiger partial charge in [0, 0.05) is 19.2 Å². The van der Waals surface area contributed by atoms with E-state index in [0.29, 0.717) is 13.0 Å². The van der Waals surface area contributed by atoms with Crippen LogP contribution in [0.25, 0.3) is 0 Å². The van der Waals surface area contributed by atoms with Gasteiger partial charge >= 0.3 is 0 Å². The number of carbonyl (C=O) groups is 2. The van der Waals surface area contributed by atoms with Crippen molar-refractivity contribution in [1.82, 2.24) is 14.1 Å². The Morgan fingerprint density at radius 2 is 1.85 bits per heavy atom. The number of hydrogen-bond acceptors (Lipinski definition) is 5. The van der Waals surface area contributed by atoms with Gasteiger partial charge in [-0.3, -0.25) is 14.5 Å². The third-order valence-electron chi connectivity index (χ3n) is 6.02. The highest BCUT2D eigenvalue weighted by atomic mass is 32.2. The Bertz CT molecular complexity index is 712. The Morgan fingerprint density at radius 1 is 1.19 bits per heavy atom. The van der Waals surface area contributed by atoms with Crippen molar-refractivity contribution in [2.24, 2.45) is 11.8 Å². The second-order valence-corrected chi connectivity index (χ2v) is 10.2. The molecule has 3 rings (SSSR count). The summed E-state index contributed by atoms with van der Waals surface area (Å²) in [5, 5.41) is 0. The maximum Gasteiger partial charge on any atom is 0.246 e. The summed E-state index contributed by atoms with van der Waals surface area (Å²) in [7, 11) is -3.63. The van der Waals surface area contributed by atoms with Crippen molar-refractivity contribution in [3.05, 3.63) is 12.2 Å². The van der Waals surface area contributed by atoms with Crippen LogP contribution in [-0.4, -0.2) is 78.9 Å². The first kappa shape index (κ1) is 20.3. The zero-order valence-electron chi connectivity index (χ0n) is 16.5. The molecule has 27 heavy (non-hydrogen) atoms. The SMILES string of the molecule is CC(C)[C@@H]1C(=O)N(S(C)(=O)=O)C2CCN(C(=O)/C=C/CN3CCCCC3)[C@H]21. The quantitative estimate of drug-likeness (QED) is 0.649. The van der Waals surface area contributed by atoms with Gasteiger partial charge in [0.2, 0.25) is 21.8 Å². The van der Waals surface area contributed by atoms with Gasteiger partial charge in [-0.15, -0.1) is 0 Å². The van der Waals surface area contributed by atoms with Crippen LogP contribution in [0, 0.1) is 11.8 Å². The number of amides is 2. The van der Waals surface area contributed by atoms with E-state index in [1.54, 1.807) is 11.0 Å². The van der Waals surface area contributed by atoms with E-state index in [1.165, 1.54) is 19.3 Å². The molecule has 3 atom stereocenters. The standard InChI is InChI=1S/C19H31N3O4S/c1-14(2)17-18-15(22(19(17)24)27(3,25)26)9-13-21(18)16(23)8-7-12-20-10-5-4-6-11-20/h7-8,14-15,17-18H,4-6,9-13H2,1-3H3/b8-7+/t15?,17-,18+/m0/s1.